The van der Waals surface area contributed by atoms with Crippen molar-refractivity contribution in [1.29, 1.82) is 0 Å². The summed E-state index contributed by atoms with van der Waals surface area (Å²) in [6.45, 7) is 6.69. The Labute approximate surface area is 212 Å². The number of aliphatic carboxylic acids is 2. The van der Waals surface area contributed by atoms with E-state index >= 15 is 0 Å². The van der Waals surface area contributed by atoms with Crippen LogP contribution in [0.25, 0.3) is 0 Å². The fraction of sp³-hybridized carbons (Fsp3) is 0.409. The molecule has 210 valence electrons. The van der Waals surface area contributed by atoms with Crippen molar-refractivity contribution >= 4 is 23.8 Å². The van der Waals surface area contributed by atoms with Crippen LogP contribution in [-0.2, 0) is 22.7 Å². The smallest absolute Gasteiger partial charge is 0.475 e. The maximum absolute atomic E-state index is 12.4. The van der Waals surface area contributed by atoms with Gasteiger partial charge in [-0.1, -0.05) is 6.07 Å². The summed E-state index contributed by atoms with van der Waals surface area (Å²) in [6.07, 6.45) is -4.76. The van der Waals surface area contributed by atoms with Gasteiger partial charge in [0.25, 0.3) is 0 Å². The summed E-state index contributed by atoms with van der Waals surface area (Å²) >= 11 is 0. The van der Waals surface area contributed by atoms with E-state index in [1.54, 1.807) is 12.4 Å². The fourth-order valence-corrected chi connectivity index (χ4v) is 2.84. The van der Waals surface area contributed by atoms with Gasteiger partial charge in [0, 0.05) is 49.8 Å². The van der Waals surface area contributed by atoms with Crippen molar-refractivity contribution in [3.05, 3.63) is 54.0 Å². The highest BCUT2D eigenvalue weighted by molar-refractivity contribution is 5.75. The predicted octanol–water partition coefficient (Wildman–Crippen LogP) is 3.68. The van der Waals surface area contributed by atoms with Crippen molar-refractivity contribution in [3.63, 3.8) is 0 Å². The molecular formula is C22H25F6N5O5. The van der Waals surface area contributed by atoms with Gasteiger partial charge in [-0.15, -0.1) is 0 Å². The van der Waals surface area contributed by atoms with Crippen LogP contribution in [0.3, 0.4) is 0 Å². The summed E-state index contributed by atoms with van der Waals surface area (Å²) in [5, 5.41) is 17.2. The number of amides is 2. The molecule has 0 aliphatic carbocycles. The summed E-state index contributed by atoms with van der Waals surface area (Å²) in [7, 11) is 0. The number of hydrogen-bond donors (Lipinski definition) is 3. The number of aromatic nitrogens is 2. The molecule has 3 heterocycles. The molecule has 2 amide bonds. The Morgan fingerprint density at radius 3 is 1.95 bits per heavy atom. The normalized spacial score (nSPS) is 13.2. The topological polar surface area (TPSA) is 136 Å². The zero-order chi connectivity index (χ0) is 29.1. The van der Waals surface area contributed by atoms with Crippen molar-refractivity contribution < 1.29 is 50.9 Å². The van der Waals surface area contributed by atoms with Crippen molar-refractivity contribution in [2.75, 3.05) is 18.0 Å². The average Bonchev–Trinajstić information content (AvgIpc) is 2.99. The van der Waals surface area contributed by atoms with Crippen LogP contribution in [0.15, 0.2) is 42.9 Å². The van der Waals surface area contributed by atoms with Gasteiger partial charge in [-0.25, -0.2) is 19.4 Å². The molecule has 1 aliphatic rings. The zero-order valence-corrected chi connectivity index (χ0v) is 20.1. The van der Waals surface area contributed by atoms with E-state index in [0.717, 1.165) is 24.5 Å². The van der Waals surface area contributed by atoms with Gasteiger partial charge in [-0.05, 0) is 37.6 Å². The van der Waals surface area contributed by atoms with Gasteiger partial charge in [0.15, 0.2) is 0 Å². The van der Waals surface area contributed by atoms with Crippen molar-refractivity contribution in [2.45, 2.75) is 45.3 Å². The highest BCUT2D eigenvalue weighted by atomic mass is 19.4. The molecule has 3 rings (SSSR count). The lowest BCUT2D eigenvalue weighted by molar-refractivity contribution is -0.193. The van der Waals surface area contributed by atoms with E-state index in [2.05, 4.69) is 20.2 Å². The molecule has 0 atom stereocenters. The minimum Gasteiger partial charge on any atom is -0.475 e. The summed E-state index contributed by atoms with van der Waals surface area (Å²) in [5.41, 5.74) is 2.25. The van der Waals surface area contributed by atoms with Crippen LogP contribution < -0.4 is 10.2 Å². The van der Waals surface area contributed by atoms with Gasteiger partial charge in [0.1, 0.15) is 5.82 Å². The molecule has 1 aliphatic heterocycles. The molecule has 0 radical (unpaired) electrons. The SMILES string of the molecule is CC(C)NC(=O)N1CCN(Cc2ccncc2)c2ncccc2C1.O=C(O)C(F)(F)F.O=C(O)C(F)(F)F. The first-order valence-corrected chi connectivity index (χ1v) is 10.8. The van der Waals surface area contributed by atoms with Crippen LogP contribution in [0.5, 0.6) is 0 Å². The summed E-state index contributed by atoms with van der Waals surface area (Å²) in [5.74, 6) is -4.56. The maximum Gasteiger partial charge on any atom is 0.490 e. The molecule has 3 N–H and O–H groups in total. The standard InChI is InChI=1S/C18H23N5O.2C2HF3O2/c1-14(2)21-18(24)23-11-10-22(12-15-5-8-19-9-6-15)17-16(13-23)4-3-7-20-17;2*3-2(4,5)1(6)7/h3-9,14H,10-13H2,1-2H3,(H,21,24);2*(H,6,7). The van der Waals surface area contributed by atoms with Gasteiger partial charge in [0.2, 0.25) is 0 Å². The van der Waals surface area contributed by atoms with Crippen LogP contribution in [-0.4, -0.2) is 74.5 Å². The Balaban J connectivity index is 0.000000426. The van der Waals surface area contributed by atoms with E-state index in [9.17, 15) is 31.1 Å². The number of rotatable bonds is 3. The number of fused-ring (bicyclic) bond motifs is 1. The number of halogens is 6. The van der Waals surface area contributed by atoms with Gasteiger partial charge >= 0.3 is 30.3 Å². The van der Waals surface area contributed by atoms with Gasteiger partial charge in [-0.3, -0.25) is 4.98 Å². The van der Waals surface area contributed by atoms with Crippen LogP contribution >= 0.6 is 0 Å². The van der Waals surface area contributed by atoms with E-state index in [0.29, 0.717) is 13.1 Å². The molecule has 0 aromatic carbocycles. The second kappa shape index (κ2) is 14.0. The van der Waals surface area contributed by atoms with Crippen LogP contribution in [0.4, 0.5) is 37.0 Å². The average molecular weight is 553 g/mol. The molecule has 38 heavy (non-hydrogen) atoms. The zero-order valence-electron chi connectivity index (χ0n) is 20.1. The Morgan fingerprint density at radius 2 is 1.47 bits per heavy atom. The molecule has 2 aromatic heterocycles. The number of carbonyl (C=O) groups excluding carboxylic acids is 1. The lowest BCUT2D eigenvalue weighted by atomic mass is 10.2. The summed E-state index contributed by atoms with van der Waals surface area (Å²) in [6, 6.07) is 8.09. The van der Waals surface area contributed by atoms with E-state index in [4.69, 9.17) is 19.8 Å². The molecule has 0 bridgehead atoms. The lowest BCUT2D eigenvalue weighted by Crippen LogP contribution is -2.44. The van der Waals surface area contributed by atoms with E-state index in [1.165, 1.54) is 5.56 Å². The molecule has 2 aromatic rings. The quantitative estimate of drug-likeness (QED) is 0.490. The second-order valence-electron chi connectivity index (χ2n) is 7.89. The third kappa shape index (κ3) is 11.3. The largest absolute Gasteiger partial charge is 0.490 e. The molecule has 0 fully saturated rings. The summed E-state index contributed by atoms with van der Waals surface area (Å²) in [4.78, 5) is 42.9. The van der Waals surface area contributed by atoms with Gasteiger partial charge < -0.3 is 25.3 Å². The number of pyridine rings is 2. The number of carboxylic acids is 2. The monoisotopic (exact) mass is 553 g/mol. The van der Waals surface area contributed by atoms with E-state index in [-0.39, 0.29) is 12.1 Å². The number of nitrogens with zero attached hydrogens (tertiary/aromatic N) is 4. The molecule has 10 nitrogen and oxygen atoms in total. The Kier molecular flexibility index (Phi) is 11.8. The van der Waals surface area contributed by atoms with Crippen molar-refractivity contribution in [2.24, 2.45) is 0 Å². The Morgan fingerprint density at radius 1 is 0.947 bits per heavy atom. The van der Waals surface area contributed by atoms with Gasteiger partial charge in [0.05, 0.1) is 6.54 Å². The number of carboxylic acid groups (broad SMARTS) is 2. The Hall–Kier alpha value is -4.11. The lowest BCUT2D eigenvalue weighted by Gasteiger charge is -2.24. The fourth-order valence-electron chi connectivity index (χ4n) is 2.84. The van der Waals surface area contributed by atoms with Crippen LogP contribution in [0.1, 0.15) is 25.0 Å². The highest BCUT2D eigenvalue weighted by Crippen LogP contribution is 2.24. The highest BCUT2D eigenvalue weighted by Gasteiger charge is 2.38. The number of anilines is 1. The molecule has 16 heteroatoms. The third-order valence-corrected chi connectivity index (χ3v) is 4.48. The number of carbonyl (C=O) groups is 3. The van der Waals surface area contributed by atoms with Crippen LogP contribution in [0, 0.1) is 0 Å². The number of nitrogens with one attached hydrogen (secondary N) is 1. The maximum atomic E-state index is 12.4. The molecule has 0 saturated heterocycles. The molecular weight excluding hydrogens is 528 g/mol. The minimum atomic E-state index is -5.08. The molecule has 0 saturated carbocycles. The van der Waals surface area contributed by atoms with Crippen LogP contribution in [0.2, 0.25) is 0 Å². The minimum absolute atomic E-state index is 0.0226. The number of urea groups is 1. The van der Waals surface area contributed by atoms with Gasteiger partial charge in [-0.2, -0.15) is 26.3 Å². The predicted molar refractivity (Wildman–Crippen MR) is 121 cm³/mol. The number of alkyl halides is 6. The van der Waals surface area contributed by atoms with E-state index < -0.39 is 24.3 Å². The molecule has 0 unspecified atom stereocenters. The molecule has 0 spiro atoms. The van der Waals surface area contributed by atoms with E-state index in [1.807, 2.05) is 49.2 Å². The first-order chi connectivity index (χ1) is 17.5. The van der Waals surface area contributed by atoms with Crippen molar-refractivity contribution in [3.8, 4) is 0 Å². The second-order valence-corrected chi connectivity index (χ2v) is 7.89. The first-order valence-electron chi connectivity index (χ1n) is 10.8. The summed E-state index contributed by atoms with van der Waals surface area (Å²) < 4.78 is 63.5. The number of hydrogen-bond acceptors (Lipinski definition) is 6. The Bertz CT molecular complexity index is 1040. The first kappa shape index (κ1) is 31.9. The third-order valence-electron chi connectivity index (χ3n) is 4.48. The van der Waals surface area contributed by atoms with Crippen molar-refractivity contribution in [1.82, 2.24) is 20.2 Å².